The average Bonchev–Trinajstić information content (AvgIpc) is 2.60. The number of methoxy groups -OCH3 is 1. The van der Waals surface area contributed by atoms with Gasteiger partial charge in [-0.25, -0.2) is 0 Å². The van der Waals surface area contributed by atoms with E-state index in [9.17, 15) is 4.79 Å². The summed E-state index contributed by atoms with van der Waals surface area (Å²) < 4.78 is 10.7. The number of benzene rings is 2. The Labute approximate surface area is 141 Å². The summed E-state index contributed by atoms with van der Waals surface area (Å²) in [6, 6.07) is 14.6. The summed E-state index contributed by atoms with van der Waals surface area (Å²) >= 11 is 0. The maximum absolute atomic E-state index is 12.1. The Kier molecular flexibility index (Phi) is 5.80. The van der Waals surface area contributed by atoms with E-state index in [4.69, 9.17) is 14.7 Å². The smallest absolute Gasteiger partial charge is 0.258 e. The van der Waals surface area contributed by atoms with Crippen molar-refractivity contribution in [3.8, 4) is 17.6 Å². The molecule has 5 nitrogen and oxygen atoms in total. The van der Waals surface area contributed by atoms with Crippen molar-refractivity contribution in [2.24, 2.45) is 0 Å². The molecular weight excluding hydrogens is 304 g/mol. The molecule has 0 aliphatic rings. The molecule has 5 heteroatoms. The summed E-state index contributed by atoms with van der Waals surface area (Å²) in [4.78, 5) is 12.1. The molecule has 2 rings (SSSR count). The van der Waals surface area contributed by atoms with Crippen molar-refractivity contribution in [1.82, 2.24) is 5.32 Å². The molecule has 0 aromatic heterocycles. The summed E-state index contributed by atoms with van der Waals surface area (Å²) in [6.07, 6.45) is 0. The maximum atomic E-state index is 12.1. The lowest BCUT2D eigenvalue weighted by Crippen LogP contribution is -2.31. The monoisotopic (exact) mass is 324 g/mol. The molecule has 0 saturated carbocycles. The van der Waals surface area contributed by atoms with E-state index in [0.717, 1.165) is 11.1 Å². The molecule has 1 N–H and O–H groups in total. The molecular formula is C19H20N2O3. The maximum Gasteiger partial charge on any atom is 0.258 e. The molecule has 0 spiro atoms. The number of carbonyl (C=O) groups is 1. The van der Waals surface area contributed by atoms with Crippen molar-refractivity contribution in [3.05, 3.63) is 59.2 Å². The number of carbonyl (C=O) groups excluding carboxylic acids is 1. The molecule has 2 aromatic carbocycles. The molecule has 124 valence electrons. The van der Waals surface area contributed by atoms with Crippen LogP contribution in [0.4, 0.5) is 0 Å². The first-order valence-electron chi connectivity index (χ1n) is 7.61. The Morgan fingerprint density at radius 1 is 1.25 bits per heavy atom. The van der Waals surface area contributed by atoms with Crippen LogP contribution >= 0.6 is 0 Å². The molecule has 0 aliphatic heterocycles. The average molecular weight is 324 g/mol. The molecule has 1 atom stereocenters. The van der Waals surface area contributed by atoms with E-state index < -0.39 is 0 Å². The van der Waals surface area contributed by atoms with Gasteiger partial charge < -0.3 is 14.8 Å². The third kappa shape index (κ3) is 4.26. The summed E-state index contributed by atoms with van der Waals surface area (Å²) in [5.74, 6) is 0.626. The quantitative estimate of drug-likeness (QED) is 0.886. The zero-order valence-corrected chi connectivity index (χ0v) is 14.0. The van der Waals surface area contributed by atoms with Crippen LogP contribution in [0.15, 0.2) is 42.5 Å². The highest BCUT2D eigenvalue weighted by Crippen LogP contribution is 2.27. The van der Waals surface area contributed by atoms with Gasteiger partial charge in [-0.05, 0) is 37.1 Å². The fourth-order valence-corrected chi connectivity index (χ4v) is 2.43. The minimum Gasteiger partial charge on any atom is -0.493 e. The predicted octanol–water partition coefficient (Wildman–Crippen LogP) is 3.13. The minimum atomic E-state index is -0.225. The normalized spacial score (nSPS) is 11.2. The van der Waals surface area contributed by atoms with Crippen LogP contribution in [0.5, 0.6) is 11.5 Å². The first-order valence-corrected chi connectivity index (χ1v) is 7.61. The van der Waals surface area contributed by atoms with Crippen LogP contribution in [0.25, 0.3) is 0 Å². The highest BCUT2D eigenvalue weighted by atomic mass is 16.5. The number of nitrogens with one attached hydrogen (secondary N) is 1. The van der Waals surface area contributed by atoms with Gasteiger partial charge >= 0.3 is 0 Å². The molecule has 0 heterocycles. The zero-order valence-electron chi connectivity index (χ0n) is 14.0. The Morgan fingerprint density at radius 3 is 2.67 bits per heavy atom. The van der Waals surface area contributed by atoms with Gasteiger partial charge in [0, 0.05) is 6.07 Å². The van der Waals surface area contributed by atoms with E-state index in [-0.39, 0.29) is 18.6 Å². The van der Waals surface area contributed by atoms with E-state index in [1.807, 2.05) is 44.2 Å². The first-order chi connectivity index (χ1) is 11.5. The van der Waals surface area contributed by atoms with Gasteiger partial charge in [0.1, 0.15) is 0 Å². The minimum absolute atomic E-state index is 0.106. The molecule has 24 heavy (non-hydrogen) atoms. The van der Waals surface area contributed by atoms with Crippen LogP contribution in [-0.4, -0.2) is 19.6 Å². The summed E-state index contributed by atoms with van der Waals surface area (Å²) in [5.41, 5.74) is 2.67. The Hall–Kier alpha value is -3.00. The molecule has 0 bridgehead atoms. The number of amides is 1. The van der Waals surface area contributed by atoms with Crippen molar-refractivity contribution < 1.29 is 14.3 Å². The summed E-state index contributed by atoms with van der Waals surface area (Å²) in [5, 5.41) is 11.8. The molecule has 0 fully saturated rings. The van der Waals surface area contributed by atoms with Gasteiger partial charge in [0.2, 0.25) is 0 Å². The fourth-order valence-electron chi connectivity index (χ4n) is 2.43. The van der Waals surface area contributed by atoms with Crippen LogP contribution in [0, 0.1) is 18.3 Å². The molecule has 0 aliphatic carbocycles. The van der Waals surface area contributed by atoms with Gasteiger partial charge in [-0.3, -0.25) is 4.79 Å². The second-order valence-corrected chi connectivity index (χ2v) is 5.41. The lowest BCUT2D eigenvalue weighted by Gasteiger charge is -2.17. The van der Waals surface area contributed by atoms with Crippen LogP contribution in [0.1, 0.15) is 29.7 Å². The van der Waals surface area contributed by atoms with Gasteiger partial charge in [0.15, 0.2) is 18.1 Å². The van der Waals surface area contributed by atoms with E-state index >= 15 is 0 Å². The Balaban J connectivity index is 1.96. The number of hydrogen-bond acceptors (Lipinski definition) is 4. The van der Waals surface area contributed by atoms with Crippen molar-refractivity contribution >= 4 is 5.91 Å². The zero-order chi connectivity index (χ0) is 17.5. The molecule has 1 amide bonds. The highest BCUT2D eigenvalue weighted by molar-refractivity contribution is 5.78. The van der Waals surface area contributed by atoms with Crippen LogP contribution in [-0.2, 0) is 4.79 Å². The van der Waals surface area contributed by atoms with Gasteiger partial charge in [-0.15, -0.1) is 0 Å². The van der Waals surface area contributed by atoms with E-state index in [2.05, 4.69) is 5.32 Å². The van der Waals surface area contributed by atoms with Crippen LogP contribution < -0.4 is 14.8 Å². The highest BCUT2D eigenvalue weighted by Gasteiger charge is 2.13. The number of aryl methyl sites for hydroxylation is 1. The topological polar surface area (TPSA) is 71.3 Å². The van der Waals surface area contributed by atoms with Crippen LogP contribution in [0.2, 0.25) is 0 Å². The van der Waals surface area contributed by atoms with Crippen LogP contribution in [0.3, 0.4) is 0 Å². The molecule has 0 saturated heterocycles. The summed E-state index contributed by atoms with van der Waals surface area (Å²) in [7, 11) is 1.49. The molecule has 1 unspecified atom stereocenters. The largest absolute Gasteiger partial charge is 0.493 e. The van der Waals surface area contributed by atoms with Gasteiger partial charge in [-0.1, -0.05) is 24.3 Å². The van der Waals surface area contributed by atoms with Gasteiger partial charge in [0.05, 0.1) is 24.8 Å². The lowest BCUT2D eigenvalue weighted by atomic mass is 10.0. The Morgan fingerprint density at radius 2 is 2.00 bits per heavy atom. The van der Waals surface area contributed by atoms with Crippen molar-refractivity contribution in [3.63, 3.8) is 0 Å². The predicted molar refractivity (Wildman–Crippen MR) is 90.9 cm³/mol. The van der Waals surface area contributed by atoms with Crippen molar-refractivity contribution in [1.29, 1.82) is 5.26 Å². The number of hydrogen-bond donors (Lipinski definition) is 1. The second kappa shape index (κ2) is 8.02. The van der Waals surface area contributed by atoms with Gasteiger partial charge in [0.25, 0.3) is 5.91 Å². The summed E-state index contributed by atoms with van der Waals surface area (Å²) in [6.45, 7) is 3.82. The number of nitriles is 1. The fraction of sp³-hybridized carbons (Fsp3) is 0.263. The second-order valence-electron chi connectivity index (χ2n) is 5.41. The van der Waals surface area contributed by atoms with Gasteiger partial charge in [-0.2, -0.15) is 5.26 Å². The number of nitrogens with zero attached hydrogens (tertiary/aromatic N) is 1. The standard InChI is InChI=1S/C19H20N2O3/c1-13-6-4-5-7-16(13)14(2)21-19(22)12-24-17-9-8-15(11-20)10-18(17)23-3/h4-10,14H,12H2,1-3H3,(H,21,22). The van der Waals surface area contributed by atoms with E-state index in [1.165, 1.54) is 7.11 Å². The van der Waals surface area contributed by atoms with Crippen molar-refractivity contribution in [2.45, 2.75) is 19.9 Å². The third-order valence-electron chi connectivity index (χ3n) is 3.68. The SMILES string of the molecule is COc1cc(C#N)ccc1OCC(=O)NC(C)c1ccccc1C. The Bertz CT molecular complexity index is 765. The van der Waals surface area contributed by atoms with Crippen molar-refractivity contribution in [2.75, 3.05) is 13.7 Å². The lowest BCUT2D eigenvalue weighted by molar-refractivity contribution is -0.123. The van der Waals surface area contributed by atoms with E-state index in [0.29, 0.717) is 17.1 Å². The molecule has 2 aromatic rings. The third-order valence-corrected chi connectivity index (χ3v) is 3.68. The first kappa shape index (κ1) is 17.4. The number of rotatable bonds is 6. The molecule has 0 radical (unpaired) electrons. The van der Waals surface area contributed by atoms with E-state index in [1.54, 1.807) is 18.2 Å². The number of ether oxygens (including phenoxy) is 2.